The maximum atomic E-state index is 15.3. The number of carbonyl (C=O) groups excluding carboxylic acids is 1. The van der Waals surface area contributed by atoms with E-state index in [9.17, 15) is 26.4 Å². The van der Waals surface area contributed by atoms with Crippen LogP contribution in [0.1, 0.15) is 42.4 Å². The molecule has 1 saturated heterocycles. The Hall–Kier alpha value is -4.26. The molecule has 12 heteroatoms. The van der Waals surface area contributed by atoms with Crippen LogP contribution in [0.5, 0.6) is 5.75 Å². The summed E-state index contributed by atoms with van der Waals surface area (Å²) in [6, 6.07) is 17.7. The van der Waals surface area contributed by atoms with Gasteiger partial charge in [0.15, 0.2) is 0 Å². The molecule has 5 rings (SSSR count). The molecule has 47 heavy (non-hydrogen) atoms. The molecule has 0 bridgehead atoms. The van der Waals surface area contributed by atoms with Gasteiger partial charge >= 0.3 is 0 Å². The van der Waals surface area contributed by atoms with Crippen molar-refractivity contribution >= 4 is 21.6 Å². The second-order valence-corrected chi connectivity index (χ2v) is 13.4. The van der Waals surface area contributed by atoms with E-state index < -0.39 is 51.2 Å². The lowest BCUT2D eigenvalue weighted by molar-refractivity contribution is -0.116. The average Bonchev–Trinajstić information content (AvgIpc) is 3.03. The topological polar surface area (TPSA) is 87.7 Å². The van der Waals surface area contributed by atoms with Crippen LogP contribution in [0.3, 0.4) is 0 Å². The van der Waals surface area contributed by atoms with E-state index in [2.05, 4.69) is 10.6 Å². The van der Waals surface area contributed by atoms with Gasteiger partial charge in [-0.1, -0.05) is 18.2 Å². The highest BCUT2D eigenvalue weighted by Gasteiger charge is 2.38. The van der Waals surface area contributed by atoms with Crippen molar-refractivity contribution in [2.75, 3.05) is 25.5 Å². The standard InChI is InChI=1S/C35H35F4N3O4S/c1-22-20-40-21-28(42(22)47(44,45)30-13-11-29(46-2)12-14-30)10-15-31-33(39)4-3-5-34(31)41-35(43)19-32(23-6-8-25(36)9-7-23)24-16-26(37)18-27(38)17-24/h3-9,11-14,16-18,22,28,32,40H,10,15,19-21H2,1-2H3,(H,41,43). The molecular weight excluding hydrogens is 634 g/mol. The number of nitrogens with zero attached hydrogens (tertiary/aromatic N) is 1. The summed E-state index contributed by atoms with van der Waals surface area (Å²) in [6.07, 6.45) is 0.0756. The Labute approximate surface area is 271 Å². The molecule has 0 spiro atoms. The normalized spacial score (nSPS) is 17.7. The Bertz CT molecular complexity index is 1800. The van der Waals surface area contributed by atoms with E-state index in [0.29, 0.717) is 24.4 Å². The number of ether oxygens (including phenoxy) is 1. The summed E-state index contributed by atoms with van der Waals surface area (Å²) in [4.78, 5) is 13.5. The van der Waals surface area contributed by atoms with Crippen molar-refractivity contribution < 1.29 is 35.5 Å². The highest BCUT2D eigenvalue weighted by atomic mass is 32.2. The van der Waals surface area contributed by atoms with E-state index in [-0.39, 0.29) is 47.0 Å². The molecule has 3 unspecified atom stereocenters. The van der Waals surface area contributed by atoms with Crippen LogP contribution in [0.4, 0.5) is 23.2 Å². The molecule has 0 radical (unpaired) electrons. The fourth-order valence-corrected chi connectivity index (χ4v) is 7.90. The number of methoxy groups -OCH3 is 1. The van der Waals surface area contributed by atoms with Crippen molar-refractivity contribution in [3.63, 3.8) is 0 Å². The van der Waals surface area contributed by atoms with Crippen LogP contribution < -0.4 is 15.4 Å². The Balaban J connectivity index is 1.36. The van der Waals surface area contributed by atoms with Crippen LogP contribution in [0.25, 0.3) is 0 Å². The molecule has 7 nitrogen and oxygen atoms in total. The number of carbonyl (C=O) groups is 1. The minimum atomic E-state index is -3.91. The predicted molar refractivity (Wildman–Crippen MR) is 171 cm³/mol. The number of anilines is 1. The van der Waals surface area contributed by atoms with Crippen LogP contribution in [-0.4, -0.2) is 50.9 Å². The number of piperazine rings is 1. The van der Waals surface area contributed by atoms with Gasteiger partial charge in [0.2, 0.25) is 15.9 Å². The number of hydrogen-bond donors (Lipinski definition) is 2. The van der Waals surface area contributed by atoms with Crippen LogP contribution in [0.2, 0.25) is 0 Å². The smallest absolute Gasteiger partial charge is 0.243 e. The molecular formula is C35H35F4N3O4S. The van der Waals surface area contributed by atoms with Gasteiger partial charge in [0.25, 0.3) is 0 Å². The van der Waals surface area contributed by atoms with Gasteiger partial charge in [0.1, 0.15) is 29.0 Å². The van der Waals surface area contributed by atoms with Gasteiger partial charge in [-0.3, -0.25) is 4.79 Å². The number of halogens is 4. The lowest BCUT2D eigenvalue weighted by Crippen LogP contribution is -2.58. The first-order chi connectivity index (χ1) is 22.5. The summed E-state index contributed by atoms with van der Waals surface area (Å²) in [5, 5.41) is 5.99. The second kappa shape index (κ2) is 14.7. The van der Waals surface area contributed by atoms with E-state index in [4.69, 9.17) is 4.74 Å². The van der Waals surface area contributed by atoms with Gasteiger partial charge in [0.05, 0.1) is 12.0 Å². The summed E-state index contributed by atoms with van der Waals surface area (Å²) in [6.45, 7) is 2.59. The lowest BCUT2D eigenvalue weighted by atomic mass is 9.88. The van der Waals surface area contributed by atoms with Gasteiger partial charge in [0, 0.05) is 54.8 Å². The molecule has 1 heterocycles. The van der Waals surface area contributed by atoms with Crippen molar-refractivity contribution in [1.82, 2.24) is 9.62 Å². The third-order valence-electron chi connectivity index (χ3n) is 8.32. The molecule has 4 aromatic carbocycles. The zero-order valence-corrected chi connectivity index (χ0v) is 26.7. The second-order valence-electron chi connectivity index (χ2n) is 11.5. The Kier molecular flexibility index (Phi) is 10.6. The maximum absolute atomic E-state index is 15.3. The van der Waals surface area contributed by atoms with E-state index >= 15 is 4.39 Å². The van der Waals surface area contributed by atoms with Crippen molar-refractivity contribution in [2.24, 2.45) is 0 Å². The van der Waals surface area contributed by atoms with Gasteiger partial charge in [-0.2, -0.15) is 4.31 Å². The van der Waals surface area contributed by atoms with E-state index in [1.807, 2.05) is 0 Å². The first-order valence-corrected chi connectivity index (χ1v) is 16.6. The lowest BCUT2D eigenvalue weighted by Gasteiger charge is -2.40. The largest absolute Gasteiger partial charge is 0.497 e. The van der Waals surface area contributed by atoms with Crippen LogP contribution in [-0.2, 0) is 21.2 Å². The SMILES string of the molecule is COc1ccc(S(=O)(=O)N2C(C)CNCC2CCc2c(F)cccc2NC(=O)CC(c2ccc(F)cc2)c2cc(F)cc(F)c2)cc1. The van der Waals surface area contributed by atoms with Crippen molar-refractivity contribution in [3.05, 3.63) is 125 Å². The van der Waals surface area contributed by atoms with Gasteiger partial charge in [-0.15, -0.1) is 0 Å². The average molecular weight is 670 g/mol. The fourth-order valence-electron chi connectivity index (χ4n) is 6.06. The third-order valence-corrected chi connectivity index (χ3v) is 10.4. The molecule has 1 amide bonds. The summed E-state index contributed by atoms with van der Waals surface area (Å²) in [7, 11) is -2.41. The summed E-state index contributed by atoms with van der Waals surface area (Å²) >= 11 is 0. The maximum Gasteiger partial charge on any atom is 0.243 e. The molecule has 248 valence electrons. The predicted octanol–water partition coefficient (Wildman–Crippen LogP) is 6.40. The number of amides is 1. The van der Waals surface area contributed by atoms with Crippen LogP contribution >= 0.6 is 0 Å². The summed E-state index contributed by atoms with van der Waals surface area (Å²) in [5.74, 6) is -3.60. The Morgan fingerprint density at radius 1 is 0.915 bits per heavy atom. The minimum Gasteiger partial charge on any atom is -0.497 e. The number of sulfonamides is 1. The molecule has 3 atom stereocenters. The van der Waals surface area contributed by atoms with Gasteiger partial charge in [-0.25, -0.2) is 26.0 Å². The summed E-state index contributed by atoms with van der Waals surface area (Å²) < 4.78 is 91.4. The van der Waals surface area contributed by atoms with E-state index in [1.165, 1.54) is 59.9 Å². The first kappa shape index (κ1) is 34.1. The van der Waals surface area contributed by atoms with E-state index in [0.717, 1.165) is 18.2 Å². The molecule has 0 aliphatic carbocycles. The van der Waals surface area contributed by atoms with Crippen molar-refractivity contribution in [3.8, 4) is 5.75 Å². The van der Waals surface area contributed by atoms with Crippen molar-refractivity contribution in [1.29, 1.82) is 0 Å². The molecule has 4 aromatic rings. The first-order valence-electron chi connectivity index (χ1n) is 15.1. The molecule has 1 fully saturated rings. The van der Waals surface area contributed by atoms with Crippen LogP contribution in [0, 0.1) is 23.3 Å². The highest BCUT2D eigenvalue weighted by molar-refractivity contribution is 7.89. The Morgan fingerprint density at radius 2 is 1.60 bits per heavy atom. The number of benzene rings is 4. The zero-order valence-electron chi connectivity index (χ0n) is 25.9. The van der Waals surface area contributed by atoms with Gasteiger partial charge < -0.3 is 15.4 Å². The number of rotatable bonds is 11. The molecule has 1 aliphatic heterocycles. The summed E-state index contributed by atoms with van der Waals surface area (Å²) in [5.41, 5.74) is 1.03. The monoisotopic (exact) mass is 669 g/mol. The fraction of sp³-hybridized carbons (Fsp3) is 0.286. The van der Waals surface area contributed by atoms with Crippen LogP contribution in [0.15, 0.2) is 89.8 Å². The van der Waals surface area contributed by atoms with E-state index in [1.54, 1.807) is 25.1 Å². The number of nitrogens with one attached hydrogen (secondary N) is 2. The molecule has 2 N–H and O–H groups in total. The van der Waals surface area contributed by atoms with Gasteiger partial charge in [-0.05, 0) is 91.6 Å². The number of hydrogen-bond acceptors (Lipinski definition) is 5. The molecule has 1 aliphatic rings. The molecule has 0 aromatic heterocycles. The zero-order chi connectivity index (χ0) is 33.7. The van der Waals surface area contributed by atoms with Crippen molar-refractivity contribution in [2.45, 2.75) is 49.1 Å². The molecule has 0 saturated carbocycles. The highest BCUT2D eigenvalue weighted by Crippen LogP contribution is 2.32. The minimum absolute atomic E-state index is 0.104. The Morgan fingerprint density at radius 3 is 2.26 bits per heavy atom. The quantitative estimate of drug-likeness (QED) is 0.181. The third kappa shape index (κ3) is 8.01.